The lowest BCUT2D eigenvalue weighted by Crippen LogP contribution is -1.91. The third-order valence-electron chi connectivity index (χ3n) is 2.71. The smallest absolute Gasteiger partial charge is 0.300 e. The molecule has 0 amide bonds. The number of nitrogens with one attached hydrogen (secondary N) is 1. The average molecular weight is 364 g/mol. The molecule has 108 valence electrons. The maximum Gasteiger partial charge on any atom is 0.300 e. The Morgan fingerprint density at radius 2 is 1.52 bits per heavy atom. The topological polar surface area (TPSA) is 58.3 Å². The third kappa shape index (κ3) is 2.85. The van der Waals surface area contributed by atoms with E-state index in [1.165, 1.54) is 12.1 Å². The first kappa shape index (κ1) is 14.6. The fourth-order valence-electron chi connectivity index (χ4n) is 1.73. The Labute approximate surface area is 139 Å². The number of hydrogen-bond acceptors (Lipinski definition) is 4. The Balaban J connectivity index is 2.00. The van der Waals surface area contributed by atoms with Crippen LogP contribution in [0.25, 0.3) is 11.1 Å². The van der Waals surface area contributed by atoms with Crippen molar-refractivity contribution in [1.82, 2.24) is 4.98 Å². The van der Waals surface area contributed by atoms with Crippen LogP contribution in [0.2, 0.25) is 20.1 Å². The molecule has 0 aliphatic rings. The van der Waals surface area contributed by atoms with Crippen molar-refractivity contribution in [2.75, 3.05) is 5.32 Å². The van der Waals surface area contributed by atoms with Gasteiger partial charge in [0.1, 0.15) is 11.3 Å². The van der Waals surface area contributed by atoms with E-state index in [4.69, 9.17) is 50.8 Å². The molecular weight excluding hydrogens is 358 g/mol. The number of rotatable bonds is 2. The molecule has 0 aliphatic heterocycles. The molecule has 4 nitrogen and oxygen atoms in total. The monoisotopic (exact) mass is 362 g/mol. The SMILES string of the molecule is Oc1cc(Cl)c(Cl)cc1Nc1nc2cc(Cl)c(Cl)cc2o1. The first-order valence-electron chi connectivity index (χ1n) is 5.64. The molecule has 2 aromatic carbocycles. The van der Waals surface area contributed by atoms with Gasteiger partial charge in [0, 0.05) is 12.1 Å². The van der Waals surface area contributed by atoms with Crippen LogP contribution in [0.3, 0.4) is 0 Å². The number of anilines is 2. The molecule has 0 bridgehead atoms. The average Bonchev–Trinajstić information content (AvgIpc) is 2.78. The summed E-state index contributed by atoms with van der Waals surface area (Å²) < 4.78 is 5.48. The second-order valence-electron chi connectivity index (χ2n) is 4.16. The maximum absolute atomic E-state index is 9.82. The van der Waals surface area contributed by atoms with E-state index < -0.39 is 0 Å². The summed E-state index contributed by atoms with van der Waals surface area (Å²) in [6.45, 7) is 0. The van der Waals surface area contributed by atoms with E-state index in [1.54, 1.807) is 12.1 Å². The number of aromatic nitrogens is 1. The molecule has 1 heterocycles. The molecule has 21 heavy (non-hydrogen) atoms. The second kappa shape index (κ2) is 5.46. The van der Waals surface area contributed by atoms with Crippen LogP contribution in [0.1, 0.15) is 0 Å². The first-order chi connectivity index (χ1) is 9.94. The van der Waals surface area contributed by atoms with E-state index in [2.05, 4.69) is 10.3 Å². The normalized spacial score (nSPS) is 11.0. The molecular formula is C13H6Cl4N2O2. The summed E-state index contributed by atoms with van der Waals surface area (Å²) in [4.78, 5) is 4.20. The third-order valence-corrected chi connectivity index (χ3v) is 4.16. The number of hydrogen-bond donors (Lipinski definition) is 2. The van der Waals surface area contributed by atoms with Crippen LogP contribution in [-0.4, -0.2) is 10.1 Å². The minimum absolute atomic E-state index is 0.0808. The largest absolute Gasteiger partial charge is 0.506 e. The Bertz CT molecular complexity index is 809. The van der Waals surface area contributed by atoms with Crippen molar-refractivity contribution < 1.29 is 9.52 Å². The van der Waals surface area contributed by atoms with Crippen molar-refractivity contribution in [2.24, 2.45) is 0 Å². The number of oxazole rings is 1. The molecule has 0 unspecified atom stereocenters. The van der Waals surface area contributed by atoms with E-state index >= 15 is 0 Å². The minimum Gasteiger partial charge on any atom is -0.506 e. The zero-order chi connectivity index (χ0) is 15.1. The van der Waals surface area contributed by atoms with Crippen LogP contribution >= 0.6 is 46.4 Å². The highest BCUT2D eigenvalue weighted by atomic mass is 35.5. The molecule has 0 aliphatic carbocycles. The van der Waals surface area contributed by atoms with Gasteiger partial charge in [-0.15, -0.1) is 0 Å². The van der Waals surface area contributed by atoms with Crippen molar-refractivity contribution in [1.29, 1.82) is 0 Å². The van der Waals surface area contributed by atoms with Crippen molar-refractivity contribution >= 4 is 69.2 Å². The van der Waals surface area contributed by atoms with E-state index in [9.17, 15) is 5.11 Å². The lowest BCUT2D eigenvalue weighted by molar-refractivity contribution is 0.477. The number of benzene rings is 2. The van der Waals surface area contributed by atoms with Crippen LogP contribution in [0, 0.1) is 0 Å². The highest BCUT2D eigenvalue weighted by Gasteiger charge is 2.12. The summed E-state index contributed by atoms with van der Waals surface area (Å²) in [5.74, 6) is -0.0808. The lowest BCUT2D eigenvalue weighted by atomic mass is 10.3. The Hall–Kier alpha value is -1.33. The minimum atomic E-state index is -0.0808. The molecule has 0 fully saturated rings. The molecule has 0 saturated carbocycles. The quantitative estimate of drug-likeness (QED) is 0.557. The highest BCUT2D eigenvalue weighted by molar-refractivity contribution is 6.43. The highest BCUT2D eigenvalue weighted by Crippen LogP contribution is 2.36. The van der Waals surface area contributed by atoms with Crippen molar-refractivity contribution in [3.63, 3.8) is 0 Å². The standard InChI is InChI=1S/C13H6Cl4N2O2/c14-5-1-9(11(20)3-7(5)16)18-13-19-10-2-6(15)8(17)4-12(10)21-13/h1-4,20H,(H,18,19). The molecule has 0 radical (unpaired) electrons. The fraction of sp³-hybridized carbons (Fsp3) is 0. The molecule has 3 rings (SSSR count). The van der Waals surface area contributed by atoms with Crippen molar-refractivity contribution in [3.8, 4) is 5.75 Å². The Morgan fingerprint density at radius 3 is 2.29 bits per heavy atom. The maximum atomic E-state index is 9.82. The van der Waals surface area contributed by atoms with Gasteiger partial charge in [0.25, 0.3) is 6.01 Å². The van der Waals surface area contributed by atoms with E-state index in [0.29, 0.717) is 31.9 Å². The van der Waals surface area contributed by atoms with Gasteiger partial charge in [-0.25, -0.2) is 0 Å². The van der Waals surface area contributed by atoms with Gasteiger partial charge in [-0.05, 0) is 12.1 Å². The molecule has 0 atom stereocenters. The van der Waals surface area contributed by atoms with Gasteiger partial charge in [0.05, 0.1) is 25.8 Å². The number of fused-ring (bicyclic) bond motifs is 1. The first-order valence-corrected chi connectivity index (χ1v) is 7.16. The second-order valence-corrected chi connectivity index (χ2v) is 5.79. The molecule has 0 saturated heterocycles. The van der Waals surface area contributed by atoms with E-state index in [-0.39, 0.29) is 16.8 Å². The van der Waals surface area contributed by atoms with Gasteiger partial charge in [0.15, 0.2) is 5.58 Å². The van der Waals surface area contributed by atoms with Gasteiger partial charge in [-0.2, -0.15) is 4.98 Å². The van der Waals surface area contributed by atoms with Gasteiger partial charge >= 0.3 is 0 Å². The molecule has 3 aromatic rings. The molecule has 0 spiro atoms. The Morgan fingerprint density at radius 1 is 0.905 bits per heavy atom. The number of aromatic hydroxyl groups is 1. The lowest BCUT2D eigenvalue weighted by Gasteiger charge is -2.06. The summed E-state index contributed by atoms with van der Waals surface area (Å²) in [7, 11) is 0. The predicted octanol–water partition coefficient (Wildman–Crippen LogP) is 5.89. The van der Waals surface area contributed by atoms with Crippen LogP contribution in [0.5, 0.6) is 5.75 Å². The van der Waals surface area contributed by atoms with E-state index in [0.717, 1.165) is 0 Å². The fourth-order valence-corrected chi connectivity index (χ4v) is 2.36. The van der Waals surface area contributed by atoms with Gasteiger partial charge < -0.3 is 14.8 Å². The summed E-state index contributed by atoms with van der Waals surface area (Å²) in [5.41, 5.74) is 1.31. The number of halogens is 4. The molecule has 1 aromatic heterocycles. The summed E-state index contributed by atoms with van der Waals surface area (Å²) in [5, 5.41) is 13.9. The number of phenols is 1. The van der Waals surface area contributed by atoms with Crippen LogP contribution in [-0.2, 0) is 0 Å². The van der Waals surface area contributed by atoms with Crippen LogP contribution < -0.4 is 5.32 Å². The molecule has 2 N–H and O–H groups in total. The van der Waals surface area contributed by atoms with Gasteiger partial charge in [0.2, 0.25) is 0 Å². The summed E-state index contributed by atoms with van der Waals surface area (Å²) >= 11 is 23.5. The van der Waals surface area contributed by atoms with Crippen LogP contribution in [0.15, 0.2) is 28.7 Å². The van der Waals surface area contributed by atoms with Crippen LogP contribution in [0.4, 0.5) is 11.7 Å². The number of phenolic OH excluding ortho intramolecular Hbond substituents is 1. The zero-order valence-electron chi connectivity index (χ0n) is 10.1. The van der Waals surface area contributed by atoms with Crippen molar-refractivity contribution in [2.45, 2.75) is 0 Å². The predicted molar refractivity (Wildman–Crippen MR) is 85.4 cm³/mol. The summed E-state index contributed by atoms with van der Waals surface area (Å²) in [6, 6.07) is 6.10. The Kier molecular flexibility index (Phi) is 3.80. The van der Waals surface area contributed by atoms with Crippen molar-refractivity contribution in [3.05, 3.63) is 44.4 Å². The molecule has 8 heteroatoms. The zero-order valence-corrected chi connectivity index (χ0v) is 13.1. The number of nitrogens with zero attached hydrogens (tertiary/aromatic N) is 1. The van der Waals surface area contributed by atoms with Gasteiger partial charge in [-0.1, -0.05) is 46.4 Å². The summed E-state index contributed by atoms with van der Waals surface area (Å²) in [6.07, 6.45) is 0. The van der Waals surface area contributed by atoms with Gasteiger partial charge in [-0.3, -0.25) is 0 Å². The van der Waals surface area contributed by atoms with E-state index in [1.807, 2.05) is 0 Å².